The van der Waals surface area contributed by atoms with Gasteiger partial charge in [-0.15, -0.1) is 0 Å². The van der Waals surface area contributed by atoms with Crippen LogP contribution in [0.25, 0.3) is 0 Å². The van der Waals surface area contributed by atoms with Gasteiger partial charge in [-0.05, 0) is 12.1 Å². The first-order chi connectivity index (χ1) is 5.22. The zero-order chi connectivity index (χ0) is 8.27. The molecule has 0 fully saturated rings. The number of nitrogens with zero attached hydrogens (tertiary/aromatic N) is 1. The zero-order valence-electron chi connectivity index (χ0n) is 5.90. The first-order valence-electron chi connectivity index (χ1n) is 3.17. The van der Waals surface area contributed by atoms with Gasteiger partial charge in [0.15, 0.2) is 0 Å². The lowest BCUT2D eigenvalue weighted by Gasteiger charge is -2.04. The van der Waals surface area contributed by atoms with Crippen LogP contribution in [-0.2, 0) is 4.79 Å². The Morgan fingerprint density at radius 1 is 1.55 bits per heavy atom. The zero-order valence-corrected chi connectivity index (χ0v) is 5.90. The predicted molar refractivity (Wildman–Crippen MR) is 40.4 cm³/mol. The molecule has 58 valence electrons. The summed E-state index contributed by atoms with van der Waals surface area (Å²) < 4.78 is 0. The minimum absolute atomic E-state index is 0.500. The maximum absolute atomic E-state index is 10.6. The van der Waals surface area contributed by atoms with Gasteiger partial charge in [0.05, 0.1) is 5.69 Å². The molecule has 4 N–H and O–H groups in total. The summed E-state index contributed by atoms with van der Waals surface area (Å²) in [6, 6.07) is 4.37. The van der Waals surface area contributed by atoms with Crippen molar-refractivity contribution in [3.05, 3.63) is 30.1 Å². The standard InChI is InChI=1S/C7H9N3O/c8-6(7(9)11)5-3-1-2-4-10-5/h1-4,6H,8H2,(H2,9,11)/t6-/m1/s1. The molecule has 0 saturated heterocycles. The molecular formula is C7H9N3O. The first-order valence-corrected chi connectivity index (χ1v) is 3.17. The van der Waals surface area contributed by atoms with Crippen LogP contribution < -0.4 is 11.5 Å². The minimum atomic E-state index is -0.795. The highest BCUT2D eigenvalue weighted by molar-refractivity contribution is 5.80. The lowest BCUT2D eigenvalue weighted by Crippen LogP contribution is -2.28. The molecule has 0 radical (unpaired) electrons. The van der Waals surface area contributed by atoms with Crippen LogP contribution in [-0.4, -0.2) is 10.9 Å². The van der Waals surface area contributed by atoms with Crippen LogP contribution in [0, 0.1) is 0 Å². The Morgan fingerprint density at radius 3 is 2.73 bits per heavy atom. The molecule has 11 heavy (non-hydrogen) atoms. The van der Waals surface area contributed by atoms with Crippen molar-refractivity contribution in [1.29, 1.82) is 0 Å². The van der Waals surface area contributed by atoms with Gasteiger partial charge in [0.1, 0.15) is 6.04 Å². The second-order valence-corrected chi connectivity index (χ2v) is 2.13. The molecule has 1 rings (SSSR count). The molecule has 0 aliphatic rings. The van der Waals surface area contributed by atoms with Crippen LogP contribution in [0.15, 0.2) is 24.4 Å². The number of aromatic nitrogens is 1. The SMILES string of the molecule is NC(=O)[C@H](N)c1ccccn1. The van der Waals surface area contributed by atoms with E-state index in [4.69, 9.17) is 11.5 Å². The summed E-state index contributed by atoms with van der Waals surface area (Å²) in [7, 11) is 0. The van der Waals surface area contributed by atoms with Crippen LogP contribution in [0.1, 0.15) is 11.7 Å². The number of rotatable bonds is 2. The van der Waals surface area contributed by atoms with Gasteiger partial charge in [0.2, 0.25) is 5.91 Å². The Bertz CT molecular complexity index is 247. The molecule has 1 aromatic rings. The van der Waals surface area contributed by atoms with Crippen LogP contribution in [0.2, 0.25) is 0 Å². The molecule has 0 aliphatic carbocycles. The molecule has 1 atom stereocenters. The summed E-state index contributed by atoms with van der Waals surface area (Å²) >= 11 is 0. The largest absolute Gasteiger partial charge is 0.368 e. The van der Waals surface area contributed by atoms with Gasteiger partial charge in [-0.1, -0.05) is 6.07 Å². The molecule has 4 nitrogen and oxygen atoms in total. The van der Waals surface area contributed by atoms with Crippen molar-refractivity contribution in [2.45, 2.75) is 6.04 Å². The van der Waals surface area contributed by atoms with Crippen LogP contribution in [0.4, 0.5) is 0 Å². The molecule has 0 saturated carbocycles. The third kappa shape index (κ3) is 1.75. The quantitative estimate of drug-likeness (QED) is 0.601. The highest BCUT2D eigenvalue weighted by Crippen LogP contribution is 2.03. The van der Waals surface area contributed by atoms with Crippen molar-refractivity contribution in [2.75, 3.05) is 0 Å². The van der Waals surface area contributed by atoms with E-state index in [2.05, 4.69) is 4.98 Å². The summed E-state index contributed by atoms with van der Waals surface area (Å²) in [5.74, 6) is -0.566. The Hall–Kier alpha value is -1.42. The highest BCUT2D eigenvalue weighted by Gasteiger charge is 2.11. The van der Waals surface area contributed by atoms with Crippen molar-refractivity contribution >= 4 is 5.91 Å². The van der Waals surface area contributed by atoms with E-state index in [1.54, 1.807) is 24.4 Å². The smallest absolute Gasteiger partial charge is 0.240 e. The number of pyridine rings is 1. The molecule has 1 heterocycles. The number of amides is 1. The van der Waals surface area contributed by atoms with Crippen LogP contribution in [0.3, 0.4) is 0 Å². The molecule has 1 amide bonds. The normalized spacial score (nSPS) is 12.5. The van der Waals surface area contributed by atoms with Gasteiger partial charge < -0.3 is 11.5 Å². The van der Waals surface area contributed by atoms with E-state index in [0.717, 1.165) is 0 Å². The molecule has 0 bridgehead atoms. The second kappa shape index (κ2) is 3.12. The Morgan fingerprint density at radius 2 is 2.27 bits per heavy atom. The molecule has 1 aromatic heterocycles. The fraction of sp³-hybridized carbons (Fsp3) is 0.143. The summed E-state index contributed by atoms with van der Waals surface area (Å²) in [5, 5.41) is 0. The average Bonchev–Trinajstić information content (AvgIpc) is 2.05. The fourth-order valence-corrected chi connectivity index (χ4v) is 0.706. The van der Waals surface area contributed by atoms with Gasteiger partial charge >= 0.3 is 0 Å². The second-order valence-electron chi connectivity index (χ2n) is 2.13. The molecule has 4 heteroatoms. The van der Waals surface area contributed by atoms with Gasteiger partial charge in [-0.2, -0.15) is 0 Å². The summed E-state index contributed by atoms with van der Waals surface area (Å²) in [4.78, 5) is 14.4. The van der Waals surface area contributed by atoms with Crippen molar-refractivity contribution in [3.63, 3.8) is 0 Å². The lowest BCUT2D eigenvalue weighted by molar-refractivity contribution is -0.119. The van der Waals surface area contributed by atoms with Gasteiger partial charge in [-0.25, -0.2) is 0 Å². The van der Waals surface area contributed by atoms with Crippen molar-refractivity contribution in [2.24, 2.45) is 11.5 Å². The monoisotopic (exact) mass is 151 g/mol. The van der Waals surface area contributed by atoms with E-state index in [9.17, 15) is 4.79 Å². The summed E-state index contributed by atoms with van der Waals surface area (Å²) in [6.45, 7) is 0. The number of hydrogen-bond acceptors (Lipinski definition) is 3. The number of hydrogen-bond donors (Lipinski definition) is 2. The van der Waals surface area contributed by atoms with Crippen molar-refractivity contribution in [1.82, 2.24) is 4.98 Å². The first kappa shape index (κ1) is 7.68. The topological polar surface area (TPSA) is 82.0 Å². The Kier molecular flexibility index (Phi) is 2.18. The number of nitrogens with two attached hydrogens (primary N) is 2. The minimum Gasteiger partial charge on any atom is -0.368 e. The molecule has 0 aromatic carbocycles. The number of carbonyl (C=O) groups is 1. The Labute approximate surface area is 64.2 Å². The predicted octanol–water partition coefficient (Wildman–Crippen LogP) is -0.433. The molecular weight excluding hydrogens is 142 g/mol. The molecule has 0 aliphatic heterocycles. The van der Waals surface area contributed by atoms with Crippen molar-refractivity contribution in [3.8, 4) is 0 Å². The maximum atomic E-state index is 10.6. The Balaban J connectivity index is 2.85. The molecule has 0 unspecified atom stereocenters. The highest BCUT2D eigenvalue weighted by atomic mass is 16.1. The third-order valence-electron chi connectivity index (χ3n) is 1.31. The lowest BCUT2D eigenvalue weighted by atomic mass is 10.2. The van der Waals surface area contributed by atoms with Crippen LogP contribution in [0.5, 0.6) is 0 Å². The summed E-state index contributed by atoms with van der Waals surface area (Å²) in [5.41, 5.74) is 10.9. The number of primary amides is 1. The fourth-order valence-electron chi connectivity index (χ4n) is 0.706. The van der Waals surface area contributed by atoms with Gasteiger partial charge in [0, 0.05) is 6.20 Å². The van der Waals surface area contributed by atoms with E-state index in [1.807, 2.05) is 0 Å². The number of carbonyl (C=O) groups excluding carboxylic acids is 1. The van der Waals surface area contributed by atoms with E-state index in [0.29, 0.717) is 5.69 Å². The van der Waals surface area contributed by atoms with E-state index in [1.165, 1.54) is 0 Å². The third-order valence-corrected chi connectivity index (χ3v) is 1.31. The molecule has 0 spiro atoms. The average molecular weight is 151 g/mol. The van der Waals surface area contributed by atoms with E-state index in [-0.39, 0.29) is 0 Å². The van der Waals surface area contributed by atoms with Crippen molar-refractivity contribution < 1.29 is 4.79 Å². The van der Waals surface area contributed by atoms with E-state index < -0.39 is 11.9 Å². The maximum Gasteiger partial charge on any atom is 0.240 e. The van der Waals surface area contributed by atoms with Gasteiger partial charge in [0.25, 0.3) is 0 Å². The van der Waals surface area contributed by atoms with Crippen LogP contribution >= 0.6 is 0 Å². The van der Waals surface area contributed by atoms with E-state index >= 15 is 0 Å². The van der Waals surface area contributed by atoms with Gasteiger partial charge in [-0.3, -0.25) is 9.78 Å². The summed E-state index contributed by atoms with van der Waals surface area (Å²) in [6.07, 6.45) is 1.57.